The topological polar surface area (TPSA) is 70.7 Å². The molecule has 2 rings (SSSR count). The van der Waals surface area contributed by atoms with Crippen LogP contribution in [-0.2, 0) is 6.54 Å². The van der Waals surface area contributed by atoms with Gasteiger partial charge in [-0.2, -0.15) is 10.4 Å². The van der Waals surface area contributed by atoms with Gasteiger partial charge in [-0.3, -0.25) is 4.79 Å². The first-order valence-electron chi connectivity index (χ1n) is 6.72. The third-order valence-electron chi connectivity index (χ3n) is 3.41. The molecule has 5 heteroatoms. The Morgan fingerprint density at radius 3 is 2.89 bits per heavy atom. The van der Waals surface area contributed by atoms with Gasteiger partial charge in [0.1, 0.15) is 0 Å². The summed E-state index contributed by atoms with van der Waals surface area (Å²) in [7, 11) is 0. The first-order chi connectivity index (χ1) is 9.00. The summed E-state index contributed by atoms with van der Waals surface area (Å²) in [6.45, 7) is 5.13. The molecule has 5 nitrogen and oxygen atoms in total. The third-order valence-corrected chi connectivity index (χ3v) is 3.41. The normalized spacial score (nSPS) is 15.0. The molecule has 1 aliphatic rings. The lowest BCUT2D eigenvalue weighted by atomic mass is 9.92. The van der Waals surface area contributed by atoms with E-state index in [1.165, 1.54) is 17.5 Å². The summed E-state index contributed by atoms with van der Waals surface area (Å²) in [4.78, 5) is 11.9. The molecule has 0 aliphatic heterocycles. The van der Waals surface area contributed by atoms with Crippen LogP contribution in [0.4, 0.5) is 5.69 Å². The van der Waals surface area contributed by atoms with E-state index >= 15 is 0 Å². The Morgan fingerprint density at radius 2 is 2.32 bits per heavy atom. The molecule has 102 valence electrons. The molecule has 1 aliphatic carbocycles. The minimum absolute atomic E-state index is 0.116. The highest BCUT2D eigenvalue weighted by atomic mass is 16.1. The van der Waals surface area contributed by atoms with E-state index in [1.807, 2.05) is 13.8 Å². The molecule has 0 spiro atoms. The summed E-state index contributed by atoms with van der Waals surface area (Å²) in [5.74, 6) is 0.763. The molecule has 1 saturated carbocycles. The molecule has 0 atom stereocenters. The van der Waals surface area contributed by atoms with E-state index in [2.05, 4.69) is 16.5 Å². The third kappa shape index (κ3) is 4.09. The zero-order chi connectivity index (χ0) is 13.9. The summed E-state index contributed by atoms with van der Waals surface area (Å²) in [5, 5.41) is 16.3. The number of nitrogens with zero attached hydrogens (tertiary/aromatic N) is 3. The second-order valence-corrected chi connectivity index (χ2v) is 5.88. The van der Waals surface area contributed by atoms with Gasteiger partial charge >= 0.3 is 0 Å². The van der Waals surface area contributed by atoms with Crippen LogP contribution in [0.25, 0.3) is 0 Å². The monoisotopic (exact) mass is 260 g/mol. The summed E-state index contributed by atoms with van der Waals surface area (Å²) in [6, 6.07) is 3.80. The standard InChI is InChI=1S/C14H20N4O/c1-14(2,10-15)5-6-18-13(19)7-12(9-17-18)16-8-11-3-4-11/h7,9,11,16H,3-6,8H2,1-2H3. The second kappa shape index (κ2) is 5.43. The van der Waals surface area contributed by atoms with Crippen LogP contribution in [0.5, 0.6) is 0 Å². The minimum Gasteiger partial charge on any atom is -0.383 e. The zero-order valence-corrected chi connectivity index (χ0v) is 11.5. The van der Waals surface area contributed by atoms with Crippen LogP contribution in [0.3, 0.4) is 0 Å². The Balaban J connectivity index is 1.94. The highest BCUT2D eigenvalue weighted by molar-refractivity contribution is 5.38. The van der Waals surface area contributed by atoms with Crippen molar-refractivity contribution in [2.45, 2.75) is 39.7 Å². The van der Waals surface area contributed by atoms with Crippen LogP contribution in [0.1, 0.15) is 33.1 Å². The Bertz CT molecular complexity index is 537. The number of nitrogens with one attached hydrogen (secondary N) is 1. The first kappa shape index (κ1) is 13.6. The van der Waals surface area contributed by atoms with Crippen LogP contribution in [0, 0.1) is 22.7 Å². The number of aryl methyl sites for hydroxylation is 1. The van der Waals surface area contributed by atoms with E-state index in [-0.39, 0.29) is 5.56 Å². The van der Waals surface area contributed by atoms with Crippen LogP contribution < -0.4 is 10.9 Å². The fourth-order valence-corrected chi connectivity index (χ4v) is 1.72. The molecular weight excluding hydrogens is 240 g/mol. The van der Waals surface area contributed by atoms with E-state index < -0.39 is 5.41 Å². The predicted octanol–water partition coefficient (Wildman–Crippen LogP) is 2.01. The van der Waals surface area contributed by atoms with E-state index in [0.29, 0.717) is 13.0 Å². The summed E-state index contributed by atoms with van der Waals surface area (Å²) >= 11 is 0. The van der Waals surface area contributed by atoms with E-state index in [4.69, 9.17) is 5.26 Å². The van der Waals surface area contributed by atoms with Gasteiger partial charge < -0.3 is 5.32 Å². The molecule has 0 bridgehead atoms. The number of anilines is 1. The lowest BCUT2D eigenvalue weighted by molar-refractivity contribution is 0.391. The largest absolute Gasteiger partial charge is 0.383 e. The molecule has 1 aromatic heterocycles. The van der Waals surface area contributed by atoms with Crippen molar-refractivity contribution in [2.24, 2.45) is 11.3 Å². The molecule has 0 saturated heterocycles. The number of rotatable bonds is 6. The molecule has 1 fully saturated rings. The Morgan fingerprint density at radius 1 is 1.58 bits per heavy atom. The van der Waals surface area contributed by atoms with Crippen molar-refractivity contribution in [3.63, 3.8) is 0 Å². The molecule has 1 heterocycles. The van der Waals surface area contributed by atoms with Crippen LogP contribution >= 0.6 is 0 Å². The molecule has 0 aromatic carbocycles. The Kier molecular flexibility index (Phi) is 3.89. The number of hydrogen-bond donors (Lipinski definition) is 1. The van der Waals surface area contributed by atoms with Crippen molar-refractivity contribution in [1.82, 2.24) is 9.78 Å². The Hall–Kier alpha value is -1.83. The average molecular weight is 260 g/mol. The highest BCUT2D eigenvalue weighted by Crippen LogP contribution is 2.28. The summed E-state index contributed by atoms with van der Waals surface area (Å²) < 4.78 is 1.42. The molecule has 1 aromatic rings. The van der Waals surface area contributed by atoms with Gasteiger partial charge in [-0.05, 0) is 39.0 Å². The van der Waals surface area contributed by atoms with Gasteiger partial charge in [0.2, 0.25) is 0 Å². The van der Waals surface area contributed by atoms with Gasteiger partial charge in [-0.25, -0.2) is 4.68 Å². The maximum atomic E-state index is 11.9. The number of hydrogen-bond acceptors (Lipinski definition) is 4. The van der Waals surface area contributed by atoms with Gasteiger partial charge in [-0.1, -0.05) is 0 Å². The van der Waals surface area contributed by atoms with E-state index in [9.17, 15) is 4.79 Å². The molecule has 0 amide bonds. The molecule has 0 unspecified atom stereocenters. The maximum absolute atomic E-state index is 11.9. The molecule has 1 N–H and O–H groups in total. The van der Waals surface area contributed by atoms with Crippen molar-refractivity contribution in [2.75, 3.05) is 11.9 Å². The lowest BCUT2D eigenvalue weighted by Gasteiger charge is -2.15. The fourth-order valence-electron chi connectivity index (χ4n) is 1.72. The smallest absolute Gasteiger partial charge is 0.268 e. The SMILES string of the molecule is CC(C)(C#N)CCn1ncc(NCC2CC2)cc1=O. The number of nitriles is 1. The van der Waals surface area contributed by atoms with Gasteiger partial charge in [0.05, 0.1) is 23.4 Å². The van der Waals surface area contributed by atoms with Gasteiger partial charge in [0.25, 0.3) is 5.56 Å². The van der Waals surface area contributed by atoms with Crippen molar-refractivity contribution in [3.05, 3.63) is 22.6 Å². The second-order valence-electron chi connectivity index (χ2n) is 5.88. The van der Waals surface area contributed by atoms with Crippen LogP contribution in [0.2, 0.25) is 0 Å². The average Bonchev–Trinajstić information content (AvgIpc) is 3.19. The summed E-state index contributed by atoms with van der Waals surface area (Å²) in [6.07, 6.45) is 4.86. The summed E-state index contributed by atoms with van der Waals surface area (Å²) in [5.41, 5.74) is 0.242. The lowest BCUT2D eigenvalue weighted by Crippen LogP contribution is -2.25. The van der Waals surface area contributed by atoms with Crippen molar-refractivity contribution >= 4 is 5.69 Å². The molecule has 19 heavy (non-hydrogen) atoms. The zero-order valence-electron chi connectivity index (χ0n) is 11.5. The van der Waals surface area contributed by atoms with Crippen molar-refractivity contribution < 1.29 is 0 Å². The quantitative estimate of drug-likeness (QED) is 0.849. The van der Waals surface area contributed by atoms with E-state index in [0.717, 1.165) is 18.2 Å². The molecule has 0 radical (unpaired) electrons. The Labute approximate surface area is 113 Å². The van der Waals surface area contributed by atoms with Gasteiger partial charge in [-0.15, -0.1) is 0 Å². The van der Waals surface area contributed by atoms with Gasteiger partial charge in [0, 0.05) is 19.2 Å². The van der Waals surface area contributed by atoms with Crippen LogP contribution in [0.15, 0.2) is 17.1 Å². The number of aromatic nitrogens is 2. The van der Waals surface area contributed by atoms with Crippen molar-refractivity contribution in [1.29, 1.82) is 5.26 Å². The first-order valence-corrected chi connectivity index (χ1v) is 6.72. The molecular formula is C14H20N4O. The predicted molar refractivity (Wildman–Crippen MR) is 73.7 cm³/mol. The van der Waals surface area contributed by atoms with Crippen LogP contribution in [-0.4, -0.2) is 16.3 Å². The minimum atomic E-state index is -0.427. The maximum Gasteiger partial charge on any atom is 0.268 e. The fraction of sp³-hybridized carbons (Fsp3) is 0.643. The van der Waals surface area contributed by atoms with Gasteiger partial charge in [0.15, 0.2) is 0 Å². The van der Waals surface area contributed by atoms with Crippen molar-refractivity contribution in [3.8, 4) is 6.07 Å². The highest BCUT2D eigenvalue weighted by Gasteiger charge is 2.20. The van der Waals surface area contributed by atoms with E-state index in [1.54, 1.807) is 12.3 Å².